The number of nitro groups is 1. The zero-order valence-corrected chi connectivity index (χ0v) is 14.8. The van der Waals surface area contributed by atoms with E-state index in [1.807, 2.05) is 6.07 Å². The molecule has 2 heterocycles. The molecule has 5 heteroatoms. The first-order chi connectivity index (χ1) is 12.1. The number of hydrogen-bond donors (Lipinski definition) is 2. The molecule has 4 rings (SSSR count). The molecule has 0 spiro atoms. The van der Waals surface area contributed by atoms with Crippen molar-refractivity contribution in [1.29, 1.82) is 0 Å². The van der Waals surface area contributed by atoms with E-state index in [-0.39, 0.29) is 10.6 Å². The third-order valence-electron chi connectivity index (χ3n) is 5.06. The summed E-state index contributed by atoms with van der Waals surface area (Å²) in [7, 11) is 0. The van der Waals surface area contributed by atoms with E-state index in [4.69, 9.17) is 0 Å². The molecule has 2 aliphatic rings. The summed E-state index contributed by atoms with van der Waals surface area (Å²) in [5.41, 5.74) is 5.05. The van der Waals surface area contributed by atoms with Gasteiger partial charge in [0.1, 0.15) is 0 Å². The normalized spacial score (nSPS) is 20.7. The van der Waals surface area contributed by atoms with Gasteiger partial charge in [0, 0.05) is 36.6 Å². The first kappa shape index (κ1) is 17.3. The van der Waals surface area contributed by atoms with Crippen LogP contribution < -0.4 is 10.6 Å². The van der Waals surface area contributed by atoms with E-state index in [9.17, 15) is 10.1 Å². The van der Waals surface area contributed by atoms with Gasteiger partial charge >= 0.3 is 0 Å². The number of hydrogen-bond acceptors (Lipinski definition) is 4. The van der Waals surface area contributed by atoms with Gasteiger partial charge in [0.25, 0.3) is 5.69 Å². The van der Waals surface area contributed by atoms with E-state index in [0.29, 0.717) is 5.92 Å². The molecule has 0 fully saturated rings. The molecule has 0 aliphatic carbocycles. The molecule has 0 amide bonds. The number of non-ortho nitro benzene ring substituents is 1. The van der Waals surface area contributed by atoms with Gasteiger partial charge in [-0.3, -0.25) is 10.1 Å². The van der Waals surface area contributed by atoms with Crippen LogP contribution in [0.3, 0.4) is 0 Å². The van der Waals surface area contributed by atoms with Gasteiger partial charge in [0.05, 0.1) is 4.92 Å². The van der Waals surface area contributed by atoms with Crippen LogP contribution in [0, 0.1) is 10.1 Å². The summed E-state index contributed by atoms with van der Waals surface area (Å²) >= 11 is 0. The average molecular weight is 339 g/mol. The average Bonchev–Trinajstić information content (AvgIpc) is 2.63. The van der Waals surface area contributed by atoms with Crippen molar-refractivity contribution in [2.45, 2.75) is 38.5 Å². The highest BCUT2D eigenvalue weighted by Gasteiger charge is 2.18. The minimum atomic E-state index is -0.360. The first-order valence-corrected chi connectivity index (χ1v) is 8.91. The molecule has 2 aromatic carbocycles. The molecule has 2 N–H and O–H groups in total. The molecule has 0 bridgehead atoms. The minimum Gasteiger partial charge on any atom is -0.385 e. The molecule has 0 radical (unpaired) electrons. The van der Waals surface area contributed by atoms with Crippen LogP contribution in [-0.4, -0.2) is 18.0 Å². The van der Waals surface area contributed by atoms with Crippen LogP contribution in [0.1, 0.15) is 49.7 Å². The Bertz CT molecular complexity index is 760. The Balaban J connectivity index is 0.000000150. The van der Waals surface area contributed by atoms with Crippen molar-refractivity contribution in [3.05, 3.63) is 63.7 Å². The summed E-state index contributed by atoms with van der Waals surface area (Å²) in [4.78, 5) is 10.2. The number of para-hydroxylation sites is 1. The highest BCUT2D eigenvalue weighted by Crippen LogP contribution is 2.33. The predicted molar refractivity (Wildman–Crippen MR) is 103 cm³/mol. The molecule has 2 aliphatic heterocycles. The molecule has 0 aromatic heterocycles. The highest BCUT2D eigenvalue weighted by atomic mass is 16.6. The van der Waals surface area contributed by atoms with Crippen molar-refractivity contribution in [1.82, 2.24) is 0 Å². The topological polar surface area (TPSA) is 67.2 Å². The van der Waals surface area contributed by atoms with Gasteiger partial charge in [-0.05, 0) is 47.9 Å². The second-order valence-electron chi connectivity index (χ2n) is 6.85. The van der Waals surface area contributed by atoms with Crippen LogP contribution in [-0.2, 0) is 0 Å². The van der Waals surface area contributed by atoms with Crippen LogP contribution in [0.25, 0.3) is 0 Å². The summed E-state index contributed by atoms with van der Waals surface area (Å²) in [5, 5.41) is 17.1. The van der Waals surface area contributed by atoms with Gasteiger partial charge in [-0.2, -0.15) is 0 Å². The van der Waals surface area contributed by atoms with Crippen LogP contribution in [0.15, 0.2) is 42.5 Å². The second kappa shape index (κ2) is 7.55. The fourth-order valence-corrected chi connectivity index (χ4v) is 3.49. The monoisotopic (exact) mass is 339 g/mol. The number of nitro benzene ring substituents is 1. The Labute approximate surface area is 148 Å². The summed E-state index contributed by atoms with van der Waals surface area (Å²) in [6, 6.07) is 13.6. The van der Waals surface area contributed by atoms with Crippen LogP contribution >= 0.6 is 0 Å². The Morgan fingerprint density at radius 3 is 2.16 bits per heavy atom. The van der Waals surface area contributed by atoms with Crippen LogP contribution in [0.2, 0.25) is 0 Å². The van der Waals surface area contributed by atoms with E-state index in [0.717, 1.165) is 31.1 Å². The molecule has 2 atom stereocenters. The van der Waals surface area contributed by atoms with Crippen molar-refractivity contribution >= 4 is 17.1 Å². The Morgan fingerprint density at radius 1 is 0.920 bits per heavy atom. The van der Waals surface area contributed by atoms with E-state index in [1.165, 1.54) is 23.2 Å². The van der Waals surface area contributed by atoms with Gasteiger partial charge in [0.15, 0.2) is 0 Å². The van der Waals surface area contributed by atoms with Crippen molar-refractivity contribution in [3.8, 4) is 0 Å². The molecule has 132 valence electrons. The number of benzene rings is 2. The van der Waals surface area contributed by atoms with E-state index < -0.39 is 0 Å². The molecule has 0 saturated heterocycles. The smallest absolute Gasteiger partial charge is 0.271 e. The lowest BCUT2D eigenvalue weighted by molar-refractivity contribution is -0.384. The van der Waals surface area contributed by atoms with Crippen molar-refractivity contribution in [2.75, 3.05) is 23.7 Å². The van der Waals surface area contributed by atoms with Crippen molar-refractivity contribution in [2.24, 2.45) is 0 Å². The third-order valence-corrected chi connectivity index (χ3v) is 5.06. The fourth-order valence-electron chi connectivity index (χ4n) is 3.49. The number of anilines is 2. The van der Waals surface area contributed by atoms with E-state index in [2.05, 4.69) is 48.7 Å². The maximum Gasteiger partial charge on any atom is 0.271 e. The SMILES string of the molecule is CC1CCNc2cc([N+](=O)[O-])ccc21.CC1CCNc2ccccc21. The quantitative estimate of drug-likeness (QED) is 0.559. The zero-order valence-electron chi connectivity index (χ0n) is 14.8. The first-order valence-electron chi connectivity index (χ1n) is 8.91. The Hall–Kier alpha value is -2.56. The number of nitrogens with zero attached hydrogens (tertiary/aromatic N) is 1. The largest absolute Gasteiger partial charge is 0.385 e. The third kappa shape index (κ3) is 3.92. The summed E-state index contributed by atoms with van der Waals surface area (Å²) in [6.45, 7) is 6.46. The summed E-state index contributed by atoms with van der Waals surface area (Å²) in [6.07, 6.45) is 2.35. The number of fused-ring (bicyclic) bond motifs is 2. The molecular weight excluding hydrogens is 314 g/mol. The lowest BCUT2D eigenvalue weighted by Crippen LogP contribution is -2.14. The minimum absolute atomic E-state index is 0.158. The summed E-state index contributed by atoms with van der Waals surface area (Å²) in [5.74, 6) is 1.22. The van der Waals surface area contributed by atoms with Gasteiger partial charge < -0.3 is 10.6 Å². The van der Waals surface area contributed by atoms with Crippen molar-refractivity contribution < 1.29 is 4.92 Å². The highest BCUT2D eigenvalue weighted by molar-refractivity contribution is 5.60. The predicted octanol–water partition coefficient (Wildman–Crippen LogP) is 5.12. The lowest BCUT2D eigenvalue weighted by atomic mass is 9.92. The molecule has 25 heavy (non-hydrogen) atoms. The molecule has 5 nitrogen and oxygen atoms in total. The van der Waals surface area contributed by atoms with Crippen LogP contribution in [0.5, 0.6) is 0 Å². The van der Waals surface area contributed by atoms with E-state index >= 15 is 0 Å². The molecule has 2 aromatic rings. The molecule has 2 unspecified atom stereocenters. The maximum atomic E-state index is 10.5. The fraction of sp³-hybridized carbons (Fsp3) is 0.400. The number of nitrogens with one attached hydrogen (secondary N) is 2. The lowest BCUT2D eigenvalue weighted by Gasteiger charge is -2.23. The van der Waals surface area contributed by atoms with E-state index in [1.54, 1.807) is 12.1 Å². The Morgan fingerprint density at radius 2 is 1.52 bits per heavy atom. The van der Waals surface area contributed by atoms with Crippen molar-refractivity contribution in [3.63, 3.8) is 0 Å². The van der Waals surface area contributed by atoms with Gasteiger partial charge in [-0.1, -0.05) is 32.0 Å². The Kier molecular flexibility index (Phi) is 5.22. The second-order valence-corrected chi connectivity index (χ2v) is 6.85. The zero-order chi connectivity index (χ0) is 17.8. The van der Waals surface area contributed by atoms with Gasteiger partial charge in [-0.15, -0.1) is 0 Å². The van der Waals surface area contributed by atoms with Crippen LogP contribution in [0.4, 0.5) is 17.1 Å². The molecular formula is C20H25N3O2. The maximum absolute atomic E-state index is 10.5. The van der Waals surface area contributed by atoms with Gasteiger partial charge in [-0.25, -0.2) is 0 Å². The standard InChI is InChI=1S/C10H12N2O2.C10H13N/c1-7-4-5-11-10-6-8(12(13)14)2-3-9(7)10;1-8-6-7-11-10-5-3-2-4-9(8)10/h2-3,6-7,11H,4-5H2,1H3;2-5,8,11H,6-7H2,1H3. The number of rotatable bonds is 1. The summed E-state index contributed by atoms with van der Waals surface area (Å²) < 4.78 is 0. The van der Waals surface area contributed by atoms with Gasteiger partial charge in [0.2, 0.25) is 0 Å². The molecule has 0 saturated carbocycles.